The van der Waals surface area contributed by atoms with Crippen molar-refractivity contribution in [1.29, 1.82) is 0 Å². The monoisotopic (exact) mass is 210 g/mol. The molecule has 3 nitrogen and oxygen atoms in total. The molecule has 4 heteroatoms. The lowest BCUT2D eigenvalue weighted by Gasteiger charge is -2.26. The number of fused-ring (bicyclic) bond motifs is 1. The first-order valence-corrected chi connectivity index (χ1v) is 5.76. The predicted molar refractivity (Wildman–Crippen MR) is 59.4 cm³/mol. The van der Waals surface area contributed by atoms with Gasteiger partial charge in [0.25, 0.3) is 0 Å². The van der Waals surface area contributed by atoms with E-state index in [1.807, 2.05) is 13.2 Å². The lowest BCUT2D eigenvalue weighted by Crippen LogP contribution is -2.29. The van der Waals surface area contributed by atoms with Gasteiger partial charge in [-0.3, -0.25) is 0 Å². The van der Waals surface area contributed by atoms with Crippen molar-refractivity contribution in [1.82, 2.24) is 4.98 Å². The summed E-state index contributed by atoms with van der Waals surface area (Å²) in [6.45, 7) is 3.81. The molecule has 0 saturated carbocycles. The summed E-state index contributed by atoms with van der Waals surface area (Å²) in [4.78, 5) is 7.71. The van der Waals surface area contributed by atoms with Gasteiger partial charge in [0.15, 0.2) is 11.6 Å². The molecule has 1 aromatic rings. The van der Waals surface area contributed by atoms with Gasteiger partial charge in [0.1, 0.15) is 6.61 Å². The summed E-state index contributed by atoms with van der Waals surface area (Å²) in [7, 11) is 2.04. The summed E-state index contributed by atoms with van der Waals surface area (Å²) in [5, 5.41) is 0. The van der Waals surface area contributed by atoms with Crippen LogP contribution in [0.1, 0.15) is 6.92 Å². The van der Waals surface area contributed by atoms with Gasteiger partial charge in [0, 0.05) is 18.1 Å². The van der Waals surface area contributed by atoms with Crippen LogP contribution in [0.3, 0.4) is 0 Å². The Morgan fingerprint density at radius 3 is 3.29 bits per heavy atom. The van der Waals surface area contributed by atoms with Crippen molar-refractivity contribution < 1.29 is 4.74 Å². The summed E-state index contributed by atoms with van der Waals surface area (Å²) >= 11 is 1.79. The average molecular weight is 210 g/mol. The van der Waals surface area contributed by atoms with Gasteiger partial charge in [-0.25, -0.2) is 4.98 Å². The van der Waals surface area contributed by atoms with E-state index in [2.05, 4.69) is 22.9 Å². The molecule has 1 aliphatic rings. The molecule has 2 heterocycles. The van der Waals surface area contributed by atoms with Crippen LogP contribution in [0.2, 0.25) is 0 Å². The fourth-order valence-electron chi connectivity index (χ4n) is 1.46. The second-order valence-electron chi connectivity index (χ2n) is 3.20. The molecule has 14 heavy (non-hydrogen) atoms. The average Bonchev–Trinajstić information content (AvgIpc) is 2.18. The van der Waals surface area contributed by atoms with Crippen LogP contribution in [-0.2, 0) is 0 Å². The molecule has 0 bridgehead atoms. The van der Waals surface area contributed by atoms with Crippen LogP contribution >= 0.6 is 11.8 Å². The molecule has 0 spiro atoms. The number of pyridine rings is 1. The summed E-state index contributed by atoms with van der Waals surface area (Å²) < 4.78 is 5.56. The number of rotatable bonds is 2. The van der Waals surface area contributed by atoms with E-state index in [0.29, 0.717) is 0 Å². The van der Waals surface area contributed by atoms with Crippen molar-refractivity contribution in [2.75, 3.05) is 30.9 Å². The molecule has 0 saturated heterocycles. The Balaban J connectivity index is 2.29. The van der Waals surface area contributed by atoms with Crippen LogP contribution in [0.15, 0.2) is 17.2 Å². The fourth-order valence-corrected chi connectivity index (χ4v) is 2.11. The van der Waals surface area contributed by atoms with Crippen LogP contribution in [0, 0.1) is 0 Å². The van der Waals surface area contributed by atoms with Gasteiger partial charge in [-0.1, -0.05) is 6.92 Å². The number of aromatic nitrogens is 1. The van der Waals surface area contributed by atoms with Crippen molar-refractivity contribution >= 4 is 17.6 Å². The molecule has 1 aromatic heterocycles. The van der Waals surface area contributed by atoms with Crippen LogP contribution in [-0.4, -0.2) is 30.9 Å². The Labute approximate surface area is 88.5 Å². The number of nitrogens with zero attached hydrogens (tertiary/aromatic N) is 2. The topological polar surface area (TPSA) is 25.4 Å². The molecule has 0 unspecified atom stereocenters. The summed E-state index contributed by atoms with van der Waals surface area (Å²) in [5.74, 6) is 2.94. The first-order valence-electron chi connectivity index (χ1n) is 4.78. The first-order chi connectivity index (χ1) is 6.81. The Kier molecular flexibility index (Phi) is 2.82. The number of ether oxygens (including phenoxy) is 1. The van der Waals surface area contributed by atoms with E-state index in [-0.39, 0.29) is 0 Å². The van der Waals surface area contributed by atoms with E-state index in [4.69, 9.17) is 4.74 Å². The van der Waals surface area contributed by atoms with Gasteiger partial charge in [-0.05, 0) is 11.8 Å². The SMILES string of the molecule is CCSc1cnc2c(c1)OCCN2C. The number of hydrogen-bond acceptors (Lipinski definition) is 4. The van der Waals surface area contributed by atoms with Gasteiger partial charge in [-0.2, -0.15) is 0 Å². The molecule has 2 rings (SSSR count). The minimum absolute atomic E-state index is 0.755. The maximum Gasteiger partial charge on any atom is 0.171 e. The fraction of sp³-hybridized carbons (Fsp3) is 0.500. The minimum atomic E-state index is 0.755. The van der Waals surface area contributed by atoms with Crippen LogP contribution in [0.25, 0.3) is 0 Å². The van der Waals surface area contributed by atoms with E-state index in [9.17, 15) is 0 Å². The number of hydrogen-bond donors (Lipinski definition) is 0. The molecule has 0 atom stereocenters. The van der Waals surface area contributed by atoms with E-state index in [0.717, 1.165) is 30.5 Å². The first kappa shape index (κ1) is 9.65. The summed E-state index contributed by atoms with van der Waals surface area (Å²) in [5.41, 5.74) is 0. The van der Waals surface area contributed by atoms with Crippen molar-refractivity contribution in [2.24, 2.45) is 0 Å². The Morgan fingerprint density at radius 1 is 1.64 bits per heavy atom. The second-order valence-corrected chi connectivity index (χ2v) is 4.53. The number of thioether (sulfide) groups is 1. The maximum absolute atomic E-state index is 5.56. The van der Waals surface area contributed by atoms with Gasteiger partial charge in [-0.15, -0.1) is 11.8 Å². The van der Waals surface area contributed by atoms with Crippen molar-refractivity contribution in [3.8, 4) is 5.75 Å². The third-order valence-electron chi connectivity index (χ3n) is 2.16. The zero-order valence-corrected chi connectivity index (χ0v) is 9.30. The van der Waals surface area contributed by atoms with Crippen molar-refractivity contribution in [3.63, 3.8) is 0 Å². The Morgan fingerprint density at radius 2 is 2.50 bits per heavy atom. The highest BCUT2D eigenvalue weighted by molar-refractivity contribution is 7.99. The zero-order valence-electron chi connectivity index (χ0n) is 8.49. The molecule has 0 aromatic carbocycles. The summed E-state index contributed by atoms with van der Waals surface area (Å²) in [6.07, 6.45) is 1.91. The highest BCUT2D eigenvalue weighted by Gasteiger charge is 2.16. The van der Waals surface area contributed by atoms with Gasteiger partial charge >= 0.3 is 0 Å². The van der Waals surface area contributed by atoms with Gasteiger partial charge in [0.2, 0.25) is 0 Å². The molecule has 0 N–H and O–H groups in total. The zero-order chi connectivity index (χ0) is 9.97. The van der Waals surface area contributed by atoms with E-state index in [1.54, 1.807) is 11.8 Å². The number of likely N-dealkylation sites (N-methyl/N-ethyl adjacent to an activating group) is 1. The third kappa shape index (κ3) is 1.80. The molecular weight excluding hydrogens is 196 g/mol. The van der Waals surface area contributed by atoms with E-state index >= 15 is 0 Å². The summed E-state index contributed by atoms with van der Waals surface area (Å²) in [6, 6.07) is 2.08. The Hall–Kier alpha value is -0.900. The standard InChI is InChI=1S/C10H14N2OS/c1-3-14-8-6-9-10(11-7-8)12(2)4-5-13-9/h6-7H,3-5H2,1-2H3. The van der Waals surface area contributed by atoms with Crippen molar-refractivity contribution in [3.05, 3.63) is 12.3 Å². The van der Waals surface area contributed by atoms with Crippen molar-refractivity contribution in [2.45, 2.75) is 11.8 Å². The highest BCUT2D eigenvalue weighted by atomic mass is 32.2. The van der Waals surface area contributed by atoms with Gasteiger partial charge < -0.3 is 9.64 Å². The van der Waals surface area contributed by atoms with E-state index in [1.165, 1.54) is 4.90 Å². The van der Waals surface area contributed by atoms with Crippen LogP contribution in [0.4, 0.5) is 5.82 Å². The molecule has 0 aliphatic carbocycles. The predicted octanol–water partition coefficient (Wildman–Crippen LogP) is 2.02. The molecule has 0 radical (unpaired) electrons. The molecule has 1 aliphatic heterocycles. The normalized spacial score (nSPS) is 14.9. The third-order valence-corrected chi connectivity index (χ3v) is 3.01. The van der Waals surface area contributed by atoms with Crippen LogP contribution in [0.5, 0.6) is 5.75 Å². The van der Waals surface area contributed by atoms with Gasteiger partial charge in [0.05, 0.1) is 6.54 Å². The van der Waals surface area contributed by atoms with E-state index < -0.39 is 0 Å². The minimum Gasteiger partial charge on any atom is -0.488 e. The lowest BCUT2D eigenvalue weighted by atomic mass is 10.3. The lowest BCUT2D eigenvalue weighted by molar-refractivity contribution is 0.308. The quantitative estimate of drug-likeness (QED) is 0.697. The highest BCUT2D eigenvalue weighted by Crippen LogP contribution is 2.31. The molecule has 0 fully saturated rings. The molecular formula is C10H14N2OS. The Bertz CT molecular complexity index is 330. The number of anilines is 1. The molecule has 76 valence electrons. The van der Waals surface area contributed by atoms with Crippen LogP contribution < -0.4 is 9.64 Å². The maximum atomic E-state index is 5.56. The molecule has 0 amide bonds. The second kappa shape index (κ2) is 4.09. The largest absolute Gasteiger partial charge is 0.488 e. The smallest absolute Gasteiger partial charge is 0.171 e.